The highest BCUT2D eigenvalue weighted by atomic mass is 35.5. The number of nitrogens with one attached hydrogen (secondary N) is 1. The van der Waals surface area contributed by atoms with Gasteiger partial charge in [-0.2, -0.15) is 5.10 Å². The molecule has 0 spiro atoms. The second kappa shape index (κ2) is 8.29. The van der Waals surface area contributed by atoms with Crippen LogP contribution in [0.2, 0.25) is 10.0 Å². The van der Waals surface area contributed by atoms with Gasteiger partial charge in [0.05, 0.1) is 5.69 Å². The fraction of sp³-hybridized carbons (Fsp3) is 0.333. The summed E-state index contributed by atoms with van der Waals surface area (Å²) in [6.07, 6.45) is 4.80. The number of H-pyrrole nitrogens is 1. The van der Waals surface area contributed by atoms with Crippen molar-refractivity contribution in [1.29, 1.82) is 0 Å². The van der Waals surface area contributed by atoms with E-state index < -0.39 is 0 Å². The van der Waals surface area contributed by atoms with Crippen LogP contribution >= 0.6 is 23.2 Å². The highest BCUT2D eigenvalue weighted by molar-refractivity contribution is 6.36. The van der Waals surface area contributed by atoms with Crippen LogP contribution in [-0.2, 0) is 24.1 Å². The van der Waals surface area contributed by atoms with Crippen LogP contribution in [0.1, 0.15) is 41.8 Å². The van der Waals surface area contributed by atoms with E-state index >= 15 is 0 Å². The average molecular weight is 458 g/mol. The highest BCUT2D eigenvalue weighted by Crippen LogP contribution is 2.35. The Hall–Kier alpha value is -2.37. The van der Waals surface area contributed by atoms with Gasteiger partial charge >= 0.3 is 0 Å². The van der Waals surface area contributed by atoms with Crippen molar-refractivity contribution in [3.05, 3.63) is 74.8 Å². The maximum absolute atomic E-state index is 13.2. The van der Waals surface area contributed by atoms with E-state index in [-0.39, 0.29) is 17.8 Å². The zero-order valence-electron chi connectivity index (χ0n) is 16.9. The maximum atomic E-state index is 13.2. The number of aromatic amines is 1. The van der Waals surface area contributed by atoms with Crippen molar-refractivity contribution >= 4 is 29.1 Å². The quantitative estimate of drug-likeness (QED) is 0.554. The Balaban J connectivity index is 1.40. The lowest BCUT2D eigenvalue weighted by atomic mass is 9.89. The van der Waals surface area contributed by atoms with Crippen LogP contribution in [0.3, 0.4) is 0 Å². The molecule has 2 heterocycles. The summed E-state index contributed by atoms with van der Waals surface area (Å²) in [7, 11) is 0. The number of nitrogens with zero attached hydrogens (tertiary/aromatic N) is 2. The Morgan fingerprint density at radius 1 is 1.10 bits per heavy atom. The molecule has 31 heavy (non-hydrogen) atoms. The molecule has 2 aliphatic rings. The SMILES string of the molecule is O=C1CCCN1[C@@H]1CCc2[nH]nc(Cc3c(Cl)cc(-c4ccc(F)cc4)cc3Cl)c2C1. The first kappa shape index (κ1) is 20.5. The second-order valence-corrected chi connectivity index (χ2v) is 9.13. The van der Waals surface area contributed by atoms with Crippen molar-refractivity contribution in [1.82, 2.24) is 15.1 Å². The molecule has 2 aromatic carbocycles. The molecule has 1 N–H and O–H groups in total. The van der Waals surface area contributed by atoms with Crippen LogP contribution in [0.4, 0.5) is 4.39 Å². The fourth-order valence-electron chi connectivity index (χ4n) is 4.76. The Bertz CT molecular complexity index is 1120. The first-order valence-electron chi connectivity index (χ1n) is 10.6. The van der Waals surface area contributed by atoms with Gasteiger partial charge in [0, 0.05) is 41.2 Å². The molecule has 1 aromatic heterocycles. The van der Waals surface area contributed by atoms with Crippen LogP contribution in [0.5, 0.6) is 0 Å². The molecule has 1 amide bonds. The lowest BCUT2D eigenvalue weighted by Crippen LogP contribution is -2.40. The topological polar surface area (TPSA) is 49.0 Å². The molecule has 7 heteroatoms. The van der Waals surface area contributed by atoms with Gasteiger partial charge in [-0.1, -0.05) is 35.3 Å². The predicted octanol–water partition coefficient (Wildman–Crippen LogP) is 5.59. The van der Waals surface area contributed by atoms with E-state index in [4.69, 9.17) is 23.2 Å². The first-order chi connectivity index (χ1) is 15.0. The molecule has 0 saturated carbocycles. The van der Waals surface area contributed by atoms with Crippen LogP contribution < -0.4 is 0 Å². The van der Waals surface area contributed by atoms with Crippen molar-refractivity contribution in [2.24, 2.45) is 0 Å². The van der Waals surface area contributed by atoms with Crippen molar-refractivity contribution in [3.63, 3.8) is 0 Å². The zero-order chi connectivity index (χ0) is 21.5. The molecule has 3 aromatic rings. The number of aryl methyl sites for hydroxylation is 1. The number of aromatic nitrogens is 2. The number of hydrogen-bond donors (Lipinski definition) is 1. The summed E-state index contributed by atoms with van der Waals surface area (Å²) in [5.41, 5.74) is 5.79. The van der Waals surface area contributed by atoms with E-state index in [1.165, 1.54) is 17.7 Å². The minimum atomic E-state index is -0.283. The molecular weight excluding hydrogens is 436 g/mol. The number of halogens is 3. The molecule has 1 saturated heterocycles. The maximum Gasteiger partial charge on any atom is 0.222 e. The third-order valence-corrected chi connectivity index (χ3v) is 7.09. The molecule has 0 bridgehead atoms. The smallest absolute Gasteiger partial charge is 0.222 e. The van der Waals surface area contributed by atoms with E-state index in [0.717, 1.165) is 60.3 Å². The van der Waals surface area contributed by atoms with Gasteiger partial charge in [0.15, 0.2) is 0 Å². The predicted molar refractivity (Wildman–Crippen MR) is 120 cm³/mol. The third kappa shape index (κ3) is 3.97. The standard InChI is InChI=1S/C24H22Cl2FN3O/c25-20-10-15(14-3-5-16(27)6-4-14)11-21(26)18(20)13-23-19-12-17(7-8-22(19)28-29-23)30-9-1-2-24(30)31/h3-6,10-11,17H,1-2,7-9,12-13H2,(H,28,29)/t17-/m1/s1. The Labute approximate surface area is 190 Å². The van der Waals surface area contributed by atoms with Gasteiger partial charge in [-0.15, -0.1) is 0 Å². The molecule has 1 aliphatic carbocycles. The average Bonchev–Trinajstić information content (AvgIpc) is 3.36. The molecule has 1 fully saturated rings. The number of fused-ring (bicyclic) bond motifs is 1. The van der Waals surface area contributed by atoms with Crippen LogP contribution in [-0.4, -0.2) is 33.6 Å². The molecular formula is C24H22Cl2FN3O. The summed E-state index contributed by atoms with van der Waals surface area (Å²) in [6, 6.07) is 10.2. The molecule has 160 valence electrons. The molecule has 4 nitrogen and oxygen atoms in total. The normalized spacial score (nSPS) is 18.5. The van der Waals surface area contributed by atoms with Gasteiger partial charge in [0.25, 0.3) is 0 Å². The van der Waals surface area contributed by atoms with E-state index in [0.29, 0.717) is 22.9 Å². The van der Waals surface area contributed by atoms with Gasteiger partial charge in [0.1, 0.15) is 5.82 Å². The highest BCUT2D eigenvalue weighted by Gasteiger charge is 2.32. The van der Waals surface area contributed by atoms with Crippen LogP contribution in [0.25, 0.3) is 11.1 Å². The van der Waals surface area contributed by atoms with E-state index in [1.807, 2.05) is 17.0 Å². The largest absolute Gasteiger partial charge is 0.339 e. The number of likely N-dealkylation sites (tertiary alicyclic amines) is 1. The first-order valence-corrected chi connectivity index (χ1v) is 11.3. The molecule has 1 atom stereocenters. The summed E-state index contributed by atoms with van der Waals surface area (Å²) in [5, 5.41) is 8.86. The van der Waals surface area contributed by atoms with Gasteiger partial charge < -0.3 is 4.90 Å². The molecule has 0 unspecified atom stereocenters. The molecule has 0 radical (unpaired) electrons. The summed E-state index contributed by atoms with van der Waals surface area (Å²) in [5.74, 6) is -0.0178. The van der Waals surface area contributed by atoms with Gasteiger partial charge in [-0.25, -0.2) is 4.39 Å². The summed E-state index contributed by atoms with van der Waals surface area (Å²) >= 11 is 13.2. The van der Waals surface area contributed by atoms with Gasteiger partial charge in [0.2, 0.25) is 5.91 Å². The lowest BCUT2D eigenvalue weighted by molar-refractivity contribution is -0.129. The Kier molecular flexibility index (Phi) is 5.49. The number of carbonyl (C=O) groups is 1. The van der Waals surface area contributed by atoms with Gasteiger partial charge in [-0.3, -0.25) is 9.89 Å². The van der Waals surface area contributed by atoms with Crippen molar-refractivity contribution in [2.75, 3.05) is 6.54 Å². The van der Waals surface area contributed by atoms with Crippen molar-refractivity contribution in [2.45, 2.75) is 44.6 Å². The van der Waals surface area contributed by atoms with E-state index in [9.17, 15) is 9.18 Å². The second-order valence-electron chi connectivity index (χ2n) is 8.32. The summed E-state index contributed by atoms with van der Waals surface area (Å²) in [4.78, 5) is 14.2. The van der Waals surface area contributed by atoms with Gasteiger partial charge in [-0.05, 0) is 72.2 Å². The Morgan fingerprint density at radius 3 is 2.52 bits per heavy atom. The number of hydrogen-bond acceptors (Lipinski definition) is 2. The molecule has 1 aliphatic heterocycles. The van der Waals surface area contributed by atoms with Crippen molar-refractivity contribution < 1.29 is 9.18 Å². The minimum absolute atomic E-state index is 0.241. The van der Waals surface area contributed by atoms with Crippen LogP contribution in [0.15, 0.2) is 36.4 Å². The third-order valence-electron chi connectivity index (χ3n) is 6.42. The fourth-order valence-corrected chi connectivity index (χ4v) is 5.38. The lowest BCUT2D eigenvalue weighted by Gasteiger charge is -2.31. The number of amides is 1. The van der Waals surface area contributed by atoms with Crippen LogP contribution in [0, 0.1) is 5.82 Å². The number of benzene rings is 2. The minimum Gasteiger partial charge on any atom is -0.339 e. The summed E-state index contributed by atoms with van der Waals surface area (Å²) < 4.78 is 13.2. The monoisotopic (exact) mass is 457 g/mol. The summed E-state index contributed by atoms with van der Waals surface area (Å²) in [6.45, 7) is 0.856. The number of carbonyl (C=O) groups excluding carboxylic acids is 1. The number of rotatable bonds is 4. The van der Waals surface area contributed by atoms with Crippen molar-refractivity contribution in [3.8, 4) is 11.1 Å². The molecule has 5 rings (SSSR count). The van der Waals surface area contributed by atoms with E-state index in [2.05, 4.69) is 10.2 Å². The Morgan fingerprint density at radius 2 is 1.84 bits per heavy atom. The zero-order valence-corrected chi connectivity index (χ0v) is 18.4. The van der Waals surface area contributed by atoms with E-state index in [1.54, 1.807) is 12.1 Å².